The SMILES string of the molecule is COc1cc(Cl)c(F)cc1NC(=O)N1CCC12CCOCC2. The maximum Gasteiger partial charge on any atom is 0.322 e. The standard InChI is InChI=1S/C15H18ClFN2O3/c1-21-13-8-10(16)11(17)9-12(13)18-14(20)19-5-2-15(19)3-6-22-7-4-15/h8-9H,2-7H2,1H3,(H,18,20). The van der Waals surface area contributed by atoms with E-state index in [9.17, 15) is 9.18 Å². The van der Waals surface area contributed by atoms with E-state index in [1.807, 2.05) is 4.90 Å². The Labute approximate surface area is 133 Å². The van der Waals surface area contributed by atoms with Gasteiger partial charge in [0.2, 0.25) is 0 Å². The smallest absolute Gasteiger partial charge is 0.322 e. The molecular weight excluding hydrogens is 311 g/mol. The molecule has 1 aromatic carbocycles. The highest BCUT2D eigenvalue weighted by molar-refractivity contribution is 6.31. The summed E-state index contributed by atoms with van der Waals surface area (Å²) in [5, 5.41) is 2.68. The minimum atomic E-state index is -0.595. The monoisotopic (exact) mass is 328 g/mol. The van der Waals surface area contributed by atoms with Crippen LogP contribution in [0, 0.1) is 5.82 Å². The van der Waals surface area contributed by atoms with Crippen LogP contribution in [0.2, 0.25) is 5.02 Å². The third-order valence-corrected chi connectivity index (χ3v) is 4.82. The molecule has 0 bridgehead atoms. The van der Waals surface area contributed by atoms with Crippen LogP contribution in [0.5, 0.6) is 5.75 Å². The van der Waals surface area contributed by atoms with Gasteiger partial charge in [0.05, 0.1) is 23.4 Å². The Hall–Kier alpha value is -1.53. The van der Waals surface area contributed by atoms with E-state index in [0.29, 0.717) is 25.5 Å². The second kappa shape index (κ2) is 5.93. The van der Waals surface area contributed by atoms with Gasteiger partial charge in [-0.1, -0.05) is 11.6 Å². The van der Waals surface area contributed by atoms with Gasteiger partial charge in [0.25, 0.3) is 0 Å². The van der Waals surface area contributed by atoms with Crippen molar-refractivity contribution in [2.24, 2.45) is 0 Å². The third kappa shape index (κ3) is 2.61. The number of halogens is 2. The second-order valence-electron chi connectivity index (χ2n) is 5.64. The molecule has 120 valence electrons. The number of methoxy groups -OCH3 is 1. The van der Waals surface area contributed by atoms with E-state index in [1.54, 1.807) is 0 Å². The van der Waals surface area contributed by atoms with Crippen LogP contribution >= 0.6 is 11.6 Å². The van der Waals surface area contributed by atoms with E-state index >= 15 is 0 Å². The number of carbonyl (C=O) groups excluding carboxylic acids is 1. The van der Waals surface area contributed by atoms with Crippen LogP contribution in [0.4, 0.5) is 14.9 Å². The first-order valence-corrected chi connectivity index (χ1v) is 7.63. The molecule has 1 N–H and O–H groups in total. The summed E-state index contributed by atoms with van der Waals surface area (Å²) in [5.41, 5.74) is 0.170. The van der Waals surface area contributed by atoms with Crippen LogP contribution in [0.25, 0.3) is 0 Å². The van der Waals surface area contributed by atoms with Crippen molar-refractivity contribution in [3.63, 3.8) is 0 Å². The van der Waals surface area contributed by atoms with Crippen molar-refractivity contribution in [2.45, 2.75) is 24.8 Å². The molecule has 0 aliphatic carbocycles. The Kier molecular flexibility index (Phi) is 4.14. The highest BCUT2D eigenvalue weighted by atomic mass is 35.5. The van der Waals surface area contributed by atoms with Crippen molar-refractivity contribution in [3.8, 4) is 5.75 Å². The number of ether oxygens (including phenoxy) is 2. The van der Waals surface area contributed by atoms with Crippen molar-refractivity contribution < 1.29 is 18.7 Å². The molecule has 2 aliphatic heterocycles. The van der Waals surface area contributed by atoms with Crippen molar-refractivity contribution in [1.29, 1.82) is 0 Å². The zero-order valence-electron chi connectivity index (χ0n) is 12.3. The molecule has 22 heavy (non-hydrogen) atoms. The number of benzene rings is 1. The Morgan fingerprint density at radius 3 is 2.73 bits per heavy atom. The molecule has 2 amide bonds. The van der Waals surface area contributed by atoms with Gasteiger partial charge in [-0.25, -0.2) is 9.18 Å². The molecule has 5 nitrogen and oxygen atoms in total. The van der Waals surface area contributed by atoms with Crippen LogP contribution in [-0.4, -0.2) is 43.3 Å². The number of anilines is 1. The maximum atomic E-state index is 13.6. The molecule has 7 heteroatoms. The molecule has 2 fully saturated rings. The van der Waals surface area contributed by atoms with Crippen molar-refractivity contribution >= 4 is 23.3 Å². The topological polar surface area (TPSA) is 50.8 Å². The fourth-order valence-electron chi connectivity index (χ4n) is 3.11. The molecule has 2 saturated heterocycles. The predicted molar refractivity (Wildman–Crippen MR) is 81.1 cm³/mol. The first-order valence-electron chi connectivity index (χ1n) is 7.25. The van der Waals surface area contributed by atoms with Gasteiger partial charge in [0.15, 0.2) is 0 Å². The van der Waals surface area contributed by atoms with E-state index in [-0.39, 0.29) is 22.3 Å². The number of rotatable bonds is 2. The second-order valence-corrected chi connectivity index (χ2v) is 6.04. The Balaban J connectivity index is 1.76. The number of nitrogens with zero attached hydrogens (tertiary/aromatic N) is 1. The van der Waals surface area contributed by atoms with E-state index in [2.05, 4.69) is 5.32 Å². The molecule has 0 unspecified atom stereocenters. The first kappa shape index (κ1) is 15.4. The lowest BCUT2D eigenvalue weighted by molar-refractivity contribution is -0.0600. The van der Waals surface area contributed by atoms with E-state index in [1.165, 1.54) is 19.2 Å². The van der Waals surface area contributed by atoms with Gasteiger partial charge in [0.1, 0.15) is 11.6 Å². The number of carbonyl (C=O) groups is 1. The van der Waals surface area contributed by atoms with Gasteiger partial charge >= 0.3 is 6.03 Å². The lowest BCUT2D eigenvalue weighted by Crippen LogP contribution is -2.65. The average molecular weight is 329 g/mol. The summed E-state index contributed by atoms with van der Waals surface area (Å²) in [6.07, 6.45) is 2.66. The number of amides is 2. The Morgan fingerprint density at radius 1 is 1.41 bits per heavy atom. The minimum absolute atomic E-state index is 0.0419. The molecule has 3 rings (SSSR count). The number of urea groups is 1. The number of likely N-dealkylation sites (tertiary alicyclic amines) is 1. The summed E-state index contributed by atoms with van der Waals surface area (Å²) in [4.78, 5) is 14.3. The predicted octanol–water partition coefficient (Wildman–Crippen LogP) is 3.27. The van der Waals surface area contributed by atoms with E-state index < -0.39 is 5.82 Å². The third-order valence-electron chi connectivity index (χ3n) is 4.53. The molecule has 2 aliphatic rings. The zero-order chi connectivity index (χ0) is 15.7. The van der Waals surface area contributed by atoms with Gasteiger partial charge in [-0.15, -0.1) is 0 Å². The molecule has 1 aromatic rings. The van der Waals surface area contributed by atoms with E-state index in [0.717, 1.165) is 19.3 Å². The molecule has 0 aromatic heterocycles. The maximum absolute atomic E-state index is 13.6. The molecule has 1 spiro atoms. The fraction of sp³-hybridized carbons (Fsp3) is 0.533. The molecule has 2 heterocycles. The highest BCUT2D eigenvalue weighted by Gasteiger charge is 2.48. The summed E-state index contributed by atoms with van der Waals surface area (Å²) in [6, 6.07) is 2.29. The molecule has 0 radical (unpaired) electrons. The first-order chi connectivity index (χ1) is 10.6. The van der Waals surface area contributed by atoms with E-state index in [4.69, 9.17) is 21.1 Å². The summed E-state index contributed by atoms with van der Waals surface area (Å²) in [7, 11) is 1.45. The quantitative estimate of drug-likeness (QED) is 0.906. The van der Waals surface area contributed by atoms with Crippen LogP contribution in [-0.2, 0) is 4.74 Å². The van der Waals surface area contributed by atoms with Crippen LogP contribution < -0.4 is 10.1 Å². The zero-order valence-corrected chi connectivity index (χ0v) is 13.1. The van der Waals surface area contributed by atoms with Gasteiger partial charge in [-0.2, -0.15) is 0 Å². The fourth-order valence-corrected chi connectivity index (χ4v) is 3.26. The molecule has 0 atom stereocenters. The summed E-state index contributed by atoms with van der Waals surface area (Å²) >= 11 is 5.73. The molecule has 0 saturated carbocycles. The number of nitrogens with one attached hydrogen (secondary N) is 1. The van der Waals surface area contributed by atoms with Gasteiger partial charge < -0.3 is 19.7 Å². The van der Waals surface area contributed by atoms with Gasteiger partial charge in [-0.05, 0) is 19.3 Å². The number of hydrogen-bond donors (Lipinski definition) is 1. The number of hydrogen-bond acceptors (Lipinski definition) is 3. The lowest BCUT2D eigenvalue weighted by Gasteiger charge is -2.54. The van der Waals surface area contributed by atoms with Crippen LogP contribution in [0.1, 0.15) is 19.3 Å². The van der Waals surface area contributed by atoms with Crippen LogP contribution in [0.3, 0.4) is 0 Å². The highest BCUT2D eigenvalue weighted by Crippen LogP contribution is 2.40. The van der Waals surface area contributed by atoms with Gasteiger partial charge in [0, 0.05) is 31.9 Å². The Bertz CT molecular complexity index is 590. The lowest BCUT2D eigenvalue weighted by atomic mass is 9.78. The average Bonchev–Trinajstić information content (AvgIpc) is 2.50. The van der Waals surface area contributed by atoms with Crippen LogP contribution in [0.15, 0.2) is 12.1 Å². The summed E-state index contributed by atoms with van der Waals surface area (Å²) < 4.78 is 24.1. The minimum Gasteiger partial charge on any atom is -0.495 e. The largest absolute Gasteiger partial charge is 0.495 e. The van der Waals surface area contributed by atoms with Crippen molar-refractivity contribution in [3.05, 3.63) is 23.0 Å². The van der Waals surface area contributed by atoms with Crippen molar-refractivity contribution in [2.75, 3.05) is 32.2 Å². The normalized spacial score (nSPS) is 19.7. The Morgan fingerprint density at radius 2 is 2.14 bits per heavy atom. The summed E-state index contributed by atoms with van der Waals surface area (Å²) in [6.45, 7) is 2.04. The summed E-state index contributed by atoms with van der Waals surface area (Å²) in [5.74, 6) is -0.261. The van der Waals surface area contributed by atoms with Crippen molar-refractivity contribution in [1.82, 2.24) is 4.90 Å². The van der Waals surface area contributed by atoms with Gasteiger partial charge in [-0.3, -0.25) is 0 Å². The molecular formula is C15H18ClFN2O3.